The lowest BCUT2D eigenvalue weighted by Gasteiger charge is -2.23. The first-order valence-electron chi connectivity index (χ1n) is 9.42. The molecule has 3 aromatic heterocycles. The molecule has 0 aliphatic carbocycles. The van der Waals surface area contributed by atoms with E-state index in [0.717, 1.165) is 62.8 Å². The third-order valence-electron chi connectivity index (χ3n) is 4.97. The van der Waals surface area contributed by atoms with Gasteiger partial charge in [0.2, 0.25) is 0 Å². The fourth-order valence-electron chi connectivity index (χ4n) is 3.68. The molecule has 138 valence electrons. The smallest absolute Gasteiger partial charge is 0.141 e. The molecule has 0 bridgehead atoms. The summed E-state index contributed by atoms with van der Waals surface area (Å²) in [6.45, 7) is 10.5. The van der Waals surface area contributed by atoms with Crippen molar-refractivity contribution in [1.82, 2.24) is 24.6 Å². The summed E-state index contributed by atoms with van der Waals surface area (Å²) in [6.07, 6.45) is 8.18. The fourth-order valence-corrected chi connectivity index (χ4v) is 4.56. The largest absolute Gasteiger partial charge is 0.355 e. The Morgan fingerprint density at radius 3 is 2.96 bits per heavy atom. The van der Waals surface area contributed by atoms with Gasteiger partial charge in [-0.05, 0) is 30.7 Å². The van der Waals surface area contributed by atoms with E-state index in [2.05, 4.69) is 55.0 Å². The summed E-state index contributed by atoms with van der Waals surface area (Å²) in [5, 5.41) is 7.87. The Morgan fingerprint density at radius 1 is 1.15 bits per heavy atom. The summed E-state index contributed by atoms with van der Waals surface area (Å²) in [6, 6.07) is 0. The van der Waals surface area contributed by atoms with Crippen LogP contribution in [0.4, 0.5) is 5.82 Å². The molecule has 6 nitrogen and oxygen atoms in total. The van der Waals surface area contributed by atoms with Crippen LogP contribution in [0.1, 0.15) is 30.9 Å². The minimum Gasteiger partial charge on any atom is -0.355 e. The molecule has 0 radical (unpaired) electrons. The van der Waals surface area contributed by atoms with Gasteiger partial charge in [-0.1, -0.05) is 6.92 Å². The molecule has 0 saturated carbocycles. The summed E-state index contributed by atoms with van der Waals surface area (Å²) in [4.78, 5) is 15.1. The SMILES string of the molecule is CCCn1cc(CN2CCCN(c3ncnc4scc(C)c34)CC2)cn1. The quantitative estimate of drug-likeness (QED) is 0.690. The summed E-state index contributed by atoms with van der Waals surface area (Å²) in [5.74, 6) is 1.10. The van der Waals surface area contributed by atoms with Crippen LogP contribution >= 0.6 is 11.3 Å². The van der Waals surface area contributed by atoms with Crippen LogP contribution in [0.25, 0.3) is 10.2 Å². The van der Waals surface area contributed by atoms with Crippen molar-refractivity contribution in [3.8, 4) is 0 Å². The van der Waals surface area contributed by atoms with Gasteiger partial charge in [-0.25, -0.2) is 9.97 Å². The molecular weight excluding hydrogens is 344 g/mol. The van der Waals surface area contributed by atoms with E-state index in [-0.39, 0.29) is 0 Å². The molecule has 0 atom stereocenters. The number of hydrogen-bond acceptors (Lipinski definition) is 6. The van der Waals surface area contributed by atoms with Crippen LogP contribution in [0.2, 0.25) is 0 Å². The van der Waals surface area contributed by atoms with Gasteiger partial charge in [-0.2, -0.15) is 5.10 Å². The van der Waals surface area contributed by atoms with Crippen molar-refractivity contribution >= 4 is 27.4 Å². The maximum absolute atomic E-state index is 4.63. The molecule has 0 spiro atoms. The zero-order valence-corrected chi connectivity index (χ0v) is 16.4. The Kier molecular flexibility index (Phi) is 5.17. The van der Waals surface area contributed by atoms with Crippen molar-refractivity contribution in [3.63, 3.8) is 0 Å². The average molecular weight is 371 g/mol. The first-order valence-corrected chi connectivity index (χ1v) is 10.3. The maximum Gasteiger partial charge on any atom is 0.141 e. The molecule has 1 saturated heterocycles. The van der Waals surface area contributed by atoms with E-state index in [1.54, 1.807) is 17.7 Å². The number of nitrogens with zero attached hydrogens (tertiary/aromatic N) is 6. The van der Waals surface area contributed by atoms with Crippen LogP contribution in [0, 0.1) is 6.92 Å². The predicted molar refractivity (Wildman–Crippen MR) is 107 cm³/mol. The van der Waals surface area contributed by atoms with Crippen LogP contribution in [0.15, 0.2) is 24.1 Å². The highest BCUT2D eigenvalue weighted by atomic mass is 32.1. The predicted octanol–water partition coefficient (Wildman–Crippen LogP) is 3.32. The zero-order valence-electron chi connectivity index (χ0n) is 15.6. The Labute approximate surface area is 158 Å². The molecule has 0 N–H and O–H groups in total. The maximum atomic E-state index is 4.63. The number of hydrogen-bond donors (Lipinski definition) is 0. The van der Waals surface area contributed by atoms with Crippen LogP contribution in [0.3, 0.4) is 0 Å². The lowest BCUT2D eigenvalue weighted by molar-refractivity contribution is 0.285. The standard InChI is InChI=1S/C19H26N6S/c1-3-5-25-12-16(10-22-25)11-23-6-4-7-24(9-8-23)18-17-15(2)13-26-19(17)21-14-20-18/h10,12-14H,3-9,11H2,1-2H3. The van der Waals surface area contributed by atoms with Crippen molar-refractivity contribution in [2.24, 2.45) is 0 Å². The molecule has 0 aromatic carbocycles. The lowest BCUT2D eigenvalue weighted by atomic mass is 10.2. The Morgan fingerprint density at radius 2 is 2.08 bits per heavy atom. The molecule has 3 aromatic rings. The normalized spacial score (nSPS) is 16.3. The van der Waals surface area contributed by atoms with Gasteiger partial charge in [0, 0.05) is 51.0 Å². The first-order chi connectivity index (χ1) is 12.7. The summed E-state index contributed by atoms with van der Waals surface area (Å²) in [5.41, 5.74) is 2.59. The molecule has 4 rings (SSSR count). The van der Waals surface area contributed by atoms with E-state index in [1.165, 1.54) is 16.5 Å². The van der Waals surface area contributed by atoms with Gasteiger partial charge < -0.3 is 4.90 Å². The van der Waals surface area contributed by atoms with Crippen LogP contribution in [-0.2, 0) is 13.1 Å². The van der Waals surface area contributed by atoms with E-state index in [1.807, 2.05) is 6.20 Å². The molecule has 4 heterocycles. The third kappa shape index (κ3) is 3.59. The second kappa shape index (κ2) is 7.72. The molecule has 26 heavy (non-hydrogen) atoms. The van der Waals surface area contributed by atoms with Crippen molar-refractivity contribution in [1.29, 1.82) is 0 Å². The van der Waals surface area contributed by atoms with Gasteiger partial charge in [0.15, 0.2) is 0 Å². The van der Waals surface area contributed by atoms with E-state index >= 15 is 0 Å². The highest BCUT2D eigenvalue weighted by Crippen LogP contribution is 2.31. The second-order valence-corrected chi connectivity index (χ2v) is 7.88. The molecular formula is C19H26N6S. The first kappa shape index (κ1) is 17.4. The third-order valence-corrected chi connectivity index (χ3v) is 5.97. The number of thiophene rings is 1. The number of rotatable bonds is 5. The van der Waals surface area contributed by atoms with E-state index in [4.69, 9.17) is 0 Å². The van der Waals surface area contributed by atoms with Gasteiger partial charge in [0.1, 0.15) is 17.0 Å². The van der Waals surface area contributed by atoms with Crippen LogP contribution in [-0.4, -0.2) is 50.8 Å². The molecule has 1 aliphatic heterocycles. The minimum atomic E-state index is 0.980. The topological polar surface area (TPSA) is 50.1 Å². The molecule has 0 unspecified atom stereocenters. The van der Waals surface area contributed by atoms with Crippen LogP contribution < -0.4 is 4.90 Å². The van der Waals surface area contributed by atoms with Gasteiger partial charge >= 0.3 is 0 Å². The van der Waals surface area contributed by atoms with Gasteiger partial charge in [-0.3, -0.25) is 9.58 Å². The van der Waals surface area contributed by atoms with Crippen molar-refractivity contribution in [2.75, 3.05) is 31.1 Å². The van der Waals surface area contributed by atoms with Crippen molar-refractivity contribution in [2.45, 2.75) is 39.8 Å². The summed E-state index contributed by atoms with van der Waals surface area (Å²) >= 11 is 1.71. The van der Waals surface area contributed by atoms with Crippen molar-refractivity contribution < 1.29 is 0 Å². The zero-order chi connectivity index (χ0) is 17.9. The van der Waals surface area contributed by atoms with E-state index in [0.29, 0.717) is 0 Å². The number of fused-ring (bicyclic) bond motifs is 1. The van der Waals surface area contributed by atoms with Gasteiger partial charge in [0.05, 0.1) is 11.6 Å². The van der Waals surface area contributed by atoms with E-state index in [9.17, 15) is 0 Å². The molecule has 0 amide bonds. The number of aryl methyl sites for hydroxylation is 2. The van der Waals surface area contributed by atoms with Crippen molar-refractivity contribution in [3.05, 3.63) is 35.2 Å². The Balaban J connectivity index is 1.45. The van der Waals surface area contributed by atoms with Gasteiger partial charge in [0.25, 0.3) is 0 Å². The van der Waals surface area contributed by atoms with E-state index < -0.39 is 0 Å². The molecule has 7 heteroatoms. The fraction of sp³-hybridized carbons (Fsp3) is 0.526. The average Bonchev–Trinajstić information content (AvgIpc) is 3.16. The molecule has 1 aliphatic rings. The highest BCUT2D eigenvalue weighted by molar-refractivity contribution is 7.17. The van der Waals surface area contributed by atoms with Crippen LogP contribution in [0.5, 0.6) is 0 Å². The minimum absolute atomic E-state index is 0.980. The van der Waals surface area contributed by atoms with Gasteiger partial charge in [-0.15, -0.1) is 11.3 Å². The summed E-state index contributed by atoms with van der Waals surface area (Å²) in [7, 11) is 0. The number of anilines is 1. The molecule has 1 fully saturated rings. The lowest BCUT2D eigenvalue weighted by Crippen LogP contribution is -2.31. The number of aromatic nitrogens is 4. The monoisotopic (exact) mass is 370 g/mol. The second-order valence-electron chi connectivity index (χ2n) is 7.02. The summed E-state index contributed by atoms with van der Waals surface area (Å²) < 4.78 is 2.05. The Hall–Kier alpha value is -1.99. The Bertz CT molecular complexity index is 870. The highest BCUT2D eigenvalue weighted by Gasteiger charge is 2.20.